The zero-order valence-corrected chi connectivity index (χ0v) is 15.9. The van der Waals surface area contributed by atoms with E-state index >= 15 is 0 Å². The summed E-state index contributed by atoms with van der Waals surface area (Å²) in [6.45, 7) is 0. The minimum atomic E-state index is -4.26. The number of nitrogens with zero attached hydrogens (tertiary/aromatic N) is 6. The van der Waals surface area contributed by atoms with Gasteiger partial charge in [0, 0.05) is 5.22 Å². The van der Waals surface area contributed by atoms with Crippen LogP contribution in [0.1, 0.15) is 64.2 Å². The molecule has 2 saturated carbocycles. The van der Waals surface area contributed by atoms with E-state index in [1.54, 1.807) is 0 Å². The highest BCUT2D eigenvalue weighted by atomic mass is 32.2. The van der Waals surface area contributed by atoms with Crippen LogP contribution in [-0.2, 0) is 20.0 Å². The first-order valence-electron chi connectivity index (χ1n) is 8.59. The van der Waals surface area contributed by atoms with E-state index in [1.165, 1.54) is 0 Å². The fraction of sp³-hybridized carbons (Fsp3) is 0.923. The highest BCUT2D eigenvalue weighted by Crippen LogP contribution is 2.28. The Kier molecular flexibility index (Phi) is 6.95. The molecule has 2 rings (SSSR count). The minimum Gasteiger partial charge on any atom is -0.214 e. The first-order valence-corrected chi connectivity index (χ1v) is 11.6. The van der Waals surface area contributed by atoms with Gasteiger partial charge in [0.25, 0.3) is 10.0 Å². The summed E-state index contributed by atoms with van der Waals surface area (Å²) in [5.74, 6) is 0. The maximum Gasteiger partial charge on any atom is 0.472 e. The number of hydrogen-bond donors (Lipinski definition) is 0. The van der Waals surface area contributed by atoms with Gasteiger partial charge in [0.15, 0.2) is 0 Å². The number of hydrogen-bond acceptors (Lipinski definition) is 6. The first-order chi connectivity index (χ1) is 12.3. The fourth-order valence-corrected chi connectivity index (χ4v) is 6.14. The predicted molar refractivity (Wildman–Crippen MR) is 92.8 cm³/mol. The lowest BCUT2D eigenvalue weighted by molar-refractivity contribution is 0.231. The van der Waals surface area contributed by atoms with Gasteiger partial charge in [0.1, 0.15) is 5.25 Å². The zero-order chi connectivity index (χ0) is 19.2. The predicted octanol–water partition coefficient (Wildman–Crippen LogP) is 3.41. The van der Waals surface area contributed by atoms with Crippen molar-refractivity contribution in [1.82, 2.24) is 4.41 Å². The molecule has 0 heterocycles. The largest absolute Gasteiger partial charge is 0.472 e. The van der Waals surface area contributed by atoms with Gasteiger partial charge in [0.05, 0.1) is 5.25 Å². The molecule has 0 spiro atoms. The second kappa shape index (κ2) is 8.78. The molecular formula is C13H22N6O5S2. The Morgan fingerprint density at radius 2 is 1.38 bits per heavy atom. The van der Waals surface area contributed by atoms with Gasteiger partial charge >= 0.3 is 16.1 Å². The molecule has 0 aliphatic heterocycles. The third-order valence-electron chi connectivity index (χ3n) is 4.71. The highest BCUT2D eigenvalue weighted by molar-refractivity contribution is 7.90. The average Bonchev–Trinajstić information content (AvgIpc) is 2.65. The molecule has 0 aromatic carbocycles. The van der Waals surface area contributed by atoms with Crippen LogP contribution in [0.5, 0.6) is 0 Å². The summed E-state index contributed by atoms with van der Waals surface area (Å²) in [4.78, 5) is 14.5. The topological polar surface area (TPSA) is 162 Å². The Bertz CT molecular complexity index is 791. The summed E-state index contributed by atoms with van der Waals surface area (Å²) >= 11 is 0. The first kappa shape index (κ1) is 20.6. The van der Waals surface area contributed by atoms with Gasteiger partial charge in [0.2, 0.25) is 0 Å². The molecule has 2 amide bonds. The Balaban J connectivity index is 2.18. The van der Waals surface area contributed by atoms with Gasteiger partial charge in [-0.25, -0.2) is 13.2 Å². The summed E-state index contributed by atoms with van der Waals surface area (Å²) in [6.07, 6.45) is 6.20. The van der Waals surface area contributed by atoms with Gasteiger partial charge in [-0.3, -0.25) is 0 Å². The maximum absolute atomic E-state index is 12.5. The maximum atomic E-state index is 12.5. The number of amides is 2. The average molecular weight is 406 g/mol. The molecule has 0 unspecified atom stereocenters. The quantitative estimate of drug-likeness (QED) is 0.295. The fourth-order valence-electron chi connectivity index (χ4n) is 3.30. The smallest absolute Gasteiger partial charge is 0.214 e. The van der Waals surface area contributed by atoms with Crippen molar-refractivity contribution in [2.75, 3.05) is 0 Å². The number of rotatable bonds is 5. The van der Waals surface area contributed by atoms with E-state index in [0.29, 0.717) is 38.5 Å². The van der Waals surface area contributed by atoms with Crippen molar-refractivity contribution >= 4 is 26.1 Å². The van der Waals surface area contributed by atoms with Crippen LogP contribution in [0.4, 0.5) is 4.79 Å². The van der Waals surface area contributed by atoms with Crippen LogP contribution < -0.4 is 0 Å². The summed E-state index contributed by atoms with van der Waals surface area (Å²) in [7, 11) is -8.28. The van der Waals surface area contributed by atoms with E-state index < -0.39 is 36.6 Å². The van der Waals surface area contributed by atoms with Crippen LogP contribution in [0.15, 0.2) is 14.9 Å². The molecule has 0 bridgehead atoms. The van der Waals surface area contributed by atoms with Crippen molar-refractivity contribution in [3.05, 3.63) is 10.4 Å². The van der Waals surface area contributed by atoms with E-state index in [2.05, 4.69) is 19.8 Å². The minimum absolute atomic E-state index is 0.0805. The molecule has 13 heteroatoms. The highest BCUT2D eigenvalue weighted by Gasteiger charge is 2.40. The summed E-state index contributed by atoms with van der Waals surface area (Å²) in [6, 6.07) is -1.52. The third-order valence-corrected chi connectivity index (χ3v) is 8.36. The van der Waals surface area contributed by atoms with Crippen LogP contribution in [0.2, 0.25) is 0 Å². The van der Waals surface area contributed by atoms with Gasteiger partial charge in [-0.1, -0.05) is 48.2 Å². The van der Waals surface area contributed by atoms with Crippen molar-refractivity contribution < 1.29 is 21.6 Å². The lowest BCUT2D eigenvalue weighted by atomic mass is 10.0. The van der Waals surface area contributed by atoms with E-state index in [0.717, 1.165) is 25.7 Å². The molecule has 0 aromatic rings. The standard InChI is InChI=1S/C13H22N6O5S2/c14-16-17-19(26(23,24)12-9-5-2-6-10-12)13(20)15-18-25(21,22)11-7-3-1-4-8-11/h11-12H,1-10H2. The lowest BCUT2D eigenvalue weighted by Gasteiger charge is -2.22. The van der Waals surface area contributed by atoms with Crippen molar-refractivity contribution in [3.8, 4) is 0 Å². The van der Waals surface area contributed by atoms with Crippen LogP contribution in [0.3, 0.4) is 0 Å². The molecule has 26 heavy (non-hydrogen) atoms. The van der Waals surface area contributed by atoms with Crippen molar-refractivity contribution in [2.45, 2.75) is 74.7 Å². The summed E-state index contributed by atoms with van der Waals surface area (Å²) in [5, 5.41) is 4.35. The van der Waals surface area contributed by atoms with Crippen molar-refractivity contribution in [3.63, 3.8) is 0 Å². The lowest BCUT2D eigenvalue weighted by Crippen LogP contribution is -2.38. The molecule has 11 nitrogen and oxygen atoms in total. The summed E-state index contributed by atoms with van der Waals surface area (Å²) < 4.78 is 52.4. The SMILES string of the molecule is [N-]=[N+]=NN(C(=O)N=NS(=O)(=O)C1CCCCC1)S(=O)(=O)C1CCCCC1. The number of azide groups is 1. The van der Waals surface area contributed by atoms with E-state index in [9.17, 15) is 21.6 Å². The molecule has 0 aromatic heterocycles. The Hall–Kier alpha value is -1.72. The molecule has 146 valence electrons. The van der Waals surface area contributed by atoms with Crippen LogP contribution in [-0.4, -0.2) is 37.8 Å². The number of sulfonamides is 2. The zero-order valence-electron chi connectivity index (χ0n) is 14.3. The van der Waals surface area contributed by atoms with E-state index in [-0.39, 0.29) is 4.41 Å². The molecule has 2 fully saturated rings. The van der Waals surface area contributed by atoms with Crippen LogP contribution in [0, 0.1) is 0 Å². The molecule has 0 radical (unpaired) electrons. The van der Waals surface area contributed by atoms with Gasteiger partial charge in [-0.05, 0) is 30.1 Å². The van der Waals surface area contributed by atoms with Gasteiger partial charge in [-0.2, -0.15) is 13.3 Å². The van der Waals surface area contributed by atoms with E-state index in [4.69, 9.17) is 5.53 Å². The number of carbonyl (C=O) groups excluding carboxylic acids is 1. The van der Waals surface area contributed by atoms with Crippen molar-refractivity contribution in [2.24, 2.45) is 14.9 Å². The number of urea groups is 1. The molecule has 0 atom stereocenters. The van der Waals surface area contributed by atoms with Crippen LogP contribution >= 0.6 is 0 Å². The van der Waals surface area contributed by atoms with Crippen LogP contribution in [0.25, 0.3) is 10.4 Å². The molecule has 0 saturated heterocycles. The molecule has 0 N–H and O–H groups in total. The van der Waals surface area contributed by atoms with Crippen molar-refractivity contribution in [1.29, 1.82) is 0 Å². The Morgan fingerprint density at radius 1 is 0.885 bits per heavy atom. The van der Waals surface area contributed by atoms with Gasteiger partial charge in [-0.15, -0.1) is 5.53 Å². The summed E-state index contributed by atoms with van der Waals surface area (Å²) in [5.41, 5.74) is 8.59. The molecule has 2 aliphatic carbocycles. The second-order valence-corrected chi connectivity index (χ2v) is 10.4. The number of carbonyl (C=O) groups is 1. The van der Waals surface area contributed by atoms with E-state index in [1.807, 2.05) is 0 Å². The molecule has 2 aliphatic rings. The third kappa shape index (κ3) is 4.92. The Labute approximate surface area is 152 Å². The van der Waals surface area contributed by atoms with Gasteiger partial charge < -0.3 is 0 Å². The molecular weight excluding hydrogens is 384 g/mol. The monoisotopic (exact) mass is 406 g/mol. The second-order valence-electron chi connectivity index (χ2n) is 6.47. The Morgan fingerprint density at radius 3 is 1.88 bits per heavy atom. The normalized spacial score (nSPS) is 20.6.